The van der Waals surface area contributed by atoms with Crippen LogP contribution in [0.1, 0.15) is 71.2 Å². The standard InChI is InChI=1S/C61H58O8P2/c1-61(2,51-33-37-59(64-57-35-31-45-27-29-47(45)43-57)49(41-51)17-15-39-70(62,66-53-19-7-3-8-20-53)67-54-21-9-4-10-22-54)52-34-38-60(65-58-36-32-46-28-30-48(46)44-58)50(42-52)18-16-40-71(63,68-55-23-11-5-12-24-55)69-56-25-13-6-14-26-56/h3-14,19-26,31-38,41-44H,15-18,27-30,39-40H2,1-2H3. The van der Waals surface area contributed by atoms with Crippen molar-refractivity contribution in [2.45, 2.75) is 70.6 Å². The number of para-hydroxylation sites is 4. The maximum Gasteiger partial charge on any atom is 0.430 e. The second kappa shape index (κ2) is 21.2. The van der Waals surface area contributed by atoms with Gasteiger partial charge < -0.3 is 27.6 Å². The van der Waals surface area contributed by atoms with E-state index in [1.807, 2.05) is 84.9 Å². The van der Waals surface area contributed by atoms with Gasteiger partial charge in [-0.3, -0.25) is 0 Å². The number of fused-ring (bicyclic) bond motifs is 2. The first-order valence-corrected chi connectivity index (χ1v) is 28.0. The minimum Gasteiger partial charge on any atom is -0.457 e. The summed E-state index contributed by atoms with van der Waals surface area (Å²) in [5, 5.41) is 0. The van der Waals surface area contributed by atoms with Gasteiger partial charge in [0.15, 0.2) is 0 Å². The van der Waals surface area contributed by atoms with Crippen LogP contribution in [0.15, 0.2) is 194 Å². The molecular weight excluding hydrogens is 923 g/mol. The van der Waals surface area contributed by atoms with Crippen molar-refractivity contribution in [3.8, 4) is 46.0 Å². The Morgan fingerprint density at radius 1 is 0.380 bits per heavy atom. The van der Waals surface area contributed by atoms with Crippen molar-refractivity contribution < 1.29 is 36.7 Å². The summed E-state index contributed by atoms with van der Waals surface area (Å²) in [6.45, 7) is 4.46. The lowest BCUT2D eigenvalue weighted by atomic mass is 9.76. The van der Waals surface area contributed by atoms with E-state index >= 15 is 0 Å². The first kappa shape index (κ1) is 47.7. The smallest absolute Gasteiger partial charge is 0.430 e. The lowest BCUT2D eigenvalue weighted by Gasteiger charge is -2.29. The van der Waals surface area contributed by atoms with Crippen LogP contribution in [0.2, 0.25) is 0 Å². The van der Waals surface area contributed by atoms with Gasteiger partial charge in [0.05, 0.1) is 12.3 Å². The zero-order chi connectivity index (χ0) is 48.7. The lowest BCUT2D eigenvalue weighted by Crippen LogP contribution is -2.20. The van der Waals surface area contributed by atoms with E-state index in [0.29, 0.717) is 48.7 Å². The normalized spacial score (nSPS) is 12.9. The minimum atomic E-state index is -3.66. The molecule has 0 saturated heterocycles. The Hall–Kier alpha value is -6.98. The van der Waals surface area contributed by atoms with E-state index in [1.54, 1.807) is 48.5 Å². The second-order valence-electron chi connectivity index (χ2n) is 18.8. The van der Waals surface area contributed by atoms with E-state index in [9.17, 15) is 9.13 Å². The monoisotopic (exact) mass is 980 g/mol. The van der Waals surface area contributed by atoms with Gasteiger partial charge in [-0.2, -0.15) is 0 Å². The molecule has 0 saturated carbocycles. The zero-order valence-corrected chi connectivity index (χ0v) is 42.0. The topological polar surface area (TPSA) is 89.5 Å². The van der Waals surface area contributed by atoms with Gasteiger partial charge in [0.1, 0.15) is 46.0 Å². The highest BCUT2D eigenvalue weighted by Gasteiger charge is 2.31. The largest absolute Gasteiger partial charge is 0.457 e. The molecule has 0 N–H and O–H groups in total. The highest BCUT2D eigenvalue weighted by molar-refractivity contribution is 7.55. The van der Waals surface area contributed by atoms with Crippen molar-refractivity contribution >= 4 is 15.2 Å². The van der Waals surface area contributed by atoms with Crippen molar-refractivity contribution in [1.82, 2.24) is 0 Å². The fourth-order valence-electron chi connectivity index (χ4n) is 9.13. The van der Waals surface area contributed by atoms with Gasteiger partial charge in [-0.25, -0.2) is 9.13 Å². The quantitative estimate of drug-likeness (QED) is 0.0621. The second-order valence-corrected chi connectivity index (χ2v) is 22.9. The summed E-state index contributed by atoms with van der Waals surface area (Å²) >= 11 is 0. The van der Waals surface area contributed by atoms with E-state index in [1.165, 1.54) is 22.3 Å². The summed E-state index contributed by atoms with van der Waals surface area (Å²) < 4.78 is 67.3. The molecule has 10 rings (SSSR count). The summed E-state index contributed by atoms with van der Waals surface area (Å²) in [7, 11) is -7.32. The van der Waals surface area contributed by atoms with Crippen molar-refractivity contribution in [2.24, 2.45) is 0 Å². The Morgan fingerprint density at radius 2 is 0.718 bits per heavy atom. The molecule has 0 heterocycles. The molecular formula is C61H58O8P2. The summed E-state index contributed by atoms with van der Waals surface area (Å²) in [5.41, 5.74) is 9.01. The summed E-state index contributed by atoms with van der Waals surface area (Å²) in [4.78, 5) is 0. The minimum absolute atomic E-state index is 0.178. The molecule has 0 spiro atoms. The maximum absolute atomic E-state index is 14.6. The molecule has 0 radical (unpaired) electrons. The molecule has 0 amide bonds. The van der Waals surface area contributed by atoms with Crippen molar-refractivity contribution in [2.75, 3.05) is 12.3 Å². The van der Waals surface area contributed by atoms with Crippen LogP contribution in [0.4, 0.5) is 0 Å². The number of aryl methyl sites for hydroxylation is 6. The summed E-state index contributed by atoms with van der Waals surface area (Å²) in [6.07, 6.45) is 6.76. The molecule has 0 unspecified atom stereocenters. The fraction of sp³-hybridized carbons (Fsp3) is 0.213. The van der Waals surface area contributed by atoms with Crippen LogP contribution < -0.4 is 27.6 Å². The van der Waals surface area contributed by atoms with E-state index in [2.05, 4.69) is 74.5 Å². The van der Waals surface area contributed by atoms with E-state index < -0.39 is 20.6 Å². The molecule has 2 aliphatic rings. The van der Waals surface area contributed by atoms with Gasteiger partial charge in [-0.05, 0) is 181 Å². The van der Waals surface area contributed by atoms with Gasteiger partial charge in [0.2, 0.25) is 0 Å². The van der Waals surface area contributed by atoms with Crippen LogP contribution >= 0.6 is 15.2 Å². The van der Waals surface area contributed by atoms with Crippen LogP contribution in [0, 0.1) is 0 Å². The maximum atomic E-state index is 14.6. The first-order valence-electron chi connectivity index (χ1n) is 24.6. The molecule has 8 aromatic carbocycles. The van der Waals surface area contributed by atoms with Crippen molar-refractivity contribution in [3.05, 3.63) is 239 Å². The molecule has 8 nitrogen and oxygen atoms in total. The van der Waals surface area contributed by atoms with Crippen molar-refractivity contribution in [3.63, 3.8) is 0 Å². The fourth-order valence-corrected chi connectivity index (χ4v) is 12.4. The predicted molar refractivity (Wildman–Crippen MR) is 283 cm³/mol. The molecule has 2 aliphatic carbocycles. The predicted octanol–water partition coefficient (Wildman–Crippen LogP) is 16.4. The molecule has 8 aromatic rings. The number of hydrogen-bond donors (Lipinski definition) is 0. The molecule has 0 aliphatic heterocycles. The van der Waals surface area contributed by atoms with Crippen molar-refractivity contribution in [1.29, 1.82) is 0 Å². The number of rotatable bonds is 22. The van der Waals surface area contributed by atoms with E-state index in [-0.39, 0.29) is 12.3 Å². The van der Waals surface area contributed by atoms with E-state index in [0.717, 1.165) is 70.9 Å². The van der Waals surface area contributed by atoms with Gasteiger partial charge in [0, 0.05) is 5.41 Å². The lowest BCUT2D eigenvalue weighted by molar-refractivity contribution is 0.382. The van der Waals surface area contributed by atoms with Crippen LogP contribution in [0.25, 0.3) is 0 Å². The molecule has 10 heteroatoms. The van der Waals surface area contributed by atoms with Gasteiger partial charge in [-0.1, -0.05) is 123 Å². The van der Waals surface area contributed by atoms with E-state index in [4.69, 9.17) is 27.6 Å². The number of ether oxygens (including phenoxy) is 2. The molecule has 0 atom stereocenters. The molecule has 0 aromatic heterocycles. The number of benzene rings is 8. The average molecular weight is 981 g/mol. The Balaban J connectivity index is 0.943. The molecule has 0 bridgehead atoms. The van der Waals surface area contributed by atoms with Crippen LogP contribution in [-0.4, -0.2) is 12.3 Å². The third kappa shape index (κ3) is 11.8. The summed E-state index contributed by atoms with van der Waals surface area (Å²) in [6, 6.07) is 62.3. The van der Waals surface area contributed by atoms with Gasteiger partial charge in [0.25, 0.3) is 0 Å². The Morgan fingerprint density at radius 3 is 1.03 bits per heavy atom. The third-order valence-corrected chi connectivity index (χ3v) is 17.1. The Labute approximate surface area is 417 Å². The molecule has 71 heavy (non-hydrogen) atoms. The SMILES string of the molecule is CC(C)(c1ccc(Oc2ccc3c(c2)CC3)c(CCCP(=O)(Oc2ccccc2)Oc2ccccc2)c1)c1ccc(Oc2ccc3c(c2)CC3)c(CCCP(=O)(Oc2ccccc2)Oc2ccccc2)c1. The van der Waals surface area contributed by atoms with Crippen LogP contribution in [0.5, 0.6) is 46.0 Å². The van der Waals surface area contributed by atoms with Crippen LogP contribution in [0.3, 0.4) is 0 Å². The number of hydrogen-bond acceptors (Lipinski definition) is 8. The Kier molecular flexibility index (Phi) is 14.2. The summed E-state index contributed by atoms with van der Waals surface area (Å²) in [5.74, 6) is 5.03. The van der Waals surface area contributed by atoms with Gasteiger partial charge >= 0.3 is 15.2 Å². The first-order chi connectivity index (χ1) is 34.5. The highest BCUT2D eigenvalue weighted by atomic mass is 31.2. The Bertz CT molecular complexity index is 2890. The molecule has 0 fully saturated rings. The third-order valence-electron chi connectivity index (χ3n) is 13.4. The van der Waals surface area contributed by atoms with Gasteiger partial charge in [-0.15, -0.1) is 0 Å². The van der Waals surface area contributed by atoms with Crippen LogP contribution in [-0.2, 0) is 53.1 Å². The highest BCUT2D eigenvalue weighted by Crippen LogP contribution is 2.51. The molecule has 360 valence electrons. The average Bonchev–Trinajstić information content (AvgIpc) is 3.35. The zero-order valence-electron chi connectivity index (χ0n) is 40.2.